The third-order valence-electron chi connectivity index (χ3n) is 1.72. The van der Waals surface area contributed by atoms with Crippen LogP contribution >= 0.6 is 0 Å². The monoisotopic (exact) mass is 141 g/mol. The number of allylic oxidation sites excluding steroid dienone is 1. The molecule has 0 radical (unpaired) electrons. The molecular formula is C9H19N. The van der Waals surface area contributed by atoms with Gasteiger partial charge in [-0.05, 0) is 25.0 Å². The molecule has 0 aromatic heterocycles. The highest BCUT2D eigenvalue weighted by molar-refractivity contribution is 4.84. The summed E-state index contributed by atoms with van der Waals surface area (Å²) in [6, 6.07) is 0. The van der Waals surface area contributed by atoms with Gasteiger partial charge >= 0.3 is 0 Å². The van der Waals surface area contributed by atoms with Crippen molar-refractivity contribution in [1.29, 1.82) is 0 Å². The molecule has 0 aliphatic carbocycles. The van der Waals surface area contributed by atoms with Gasteiger partial charge in [-0.3, -0.25) is 0 Å². The molecule has 1 N–H and O–H groups in total. The van der Waals surface area contributed by atoms with E-state index in [0.717, 1.165) is 5.92 Å². The average molecular weight is 141 g/mol. The largest absolute Gasteiger partial charge is 0.394 e. The third-order valence-corrected chi connectivity index (χ3v) is 1.72. The van der Waals surface area contributed by atoms with Crippen molar-refractivity contribution in [2.75, 3.05) is 7.05 Å². The van der Waals surface area contributed by atoms with E-state index in [9.17, 15) is 0 Å². The summed E-state index contributed by atoms with van der Waals surface area (Å²) >= 11 is 0. The number of rotatable bonds is 5. The second-order valence-corrected chi connectivity index (χ2v) is 2.60. The smallest absolute Gasteiger partial charge is 0.00276 e. The maximum absolute atomic E-state index is 3.01. The van der Waals surface area contributed by atoms with Crippen molar-refractivity contribution in [1.82, 2.24) is 5.32 Å². The molecule has 0 bridgehead atoms. The van der Waals surface area contributed by atoms with Crippen LogP contribution < -0.4 is 5.32 Å². The fourth-order valence-electron chi connectivity index (χ4n) is 1.04. The van der Waals surface area contributed by atoms with Gasteiger partial charge in [0.25, 0.3) is 0 Å². The Morgan fingerprint density at radius 1 is 1.40 bits per heavy atom. The lowest BCUT2D eigenvalue weighted by molar-refractivity contribution is 0.561. The van der Waals surface area contributed by atoms with Gasteiger partial charge in [0.1, 0.15) is 0 Å². The van der Waals surface area contributed by atoms with E-state index >= 15 is 0 Å². The zero-order chi connectivity index (χ0) is 7.82. The predicted molar refractivity (Wildman–Crippen MR) is 46.9 cm³/mol. The zero-order valence-corrected chi connectivity index (χ0v) is 7.35. The Kier molecular flexibility index (Phi) is 6.35. The summed E-state index contributed by atoms with van der Waals surface area (Å²) in [5, 5.41) is 3.01. The lowest BCUT2D eigenvalue weighted by Gasteiger charge is -2.06. The van der Waals surface area contributed by atoms with E-state index in [1.807, 2.05) is 13.2 Å². The van der Waals surface area contributed by atoms with Crippen LogP contribution in [-0.4, -0.2) is 7.05 Å². The summed E-state index contributed by atoms with van der Waals surface area (Å²) in [5.74, 6) is 0.775. The van der Waals surface area contributed by atoms with Gasteiger partial charge in [0.15, 0.2) is 0 Å². The standard InChI is InChI=1S/C9H19N/c1-4-6-9(5-2)7-8-10-3/h7-10H,4-6H2,1-3H3/b8-7-. The maximum Gasteiger partial charge on any atom is 0.00276 e. The fraction of sp³-hybridized carbons (Fsp3) is 0.778. The summed E-state index contributed by atoms with van der Waals surface area (Å²) in [4.78, 5) is 0. The van der Waals surface area contributed by atoms with Gasteiger partial charge in [-0.25, -0.2) is 0 Å². The Morgan fingerprint density at radius 3 is 2.50 bits per heavy atom. The van der Waals surface area contributed by atoms with Crippen molar-refractivity contribution < 1.29 is 0 Å². The van der Waals surface area contributed by atoms with Crippen molar-refractivity contribution in [3.63, 3.8) is 0 Å². The maximum atomic E-state index is 3.01. The van der Waals surface area contributed by atoms with E-state index in [0.29, 0.717) is 0 Å². The Bertz CT molecular complexity index is 86.7. The molecule has 60 valence electrons. The molecule has 1 unspecified atom stereocenters. The van der Waals surface area contributed by atoms with E-state index < -0.39 is 0 Å². The molecule has 0 aromatic carbocycles. The van der Waals surface area contributed by atoms with Crippen molar-refractivity contribution in [2.24, 2.45) is 5.92 Å². The van der Waals surface area contributed by atoms with Crippen molar-refractivity contribution in [3.05, 3.63) is 12.3 Å². The van der Waals surface area contributed by atoms with Crippen LogP contribution in [0.3, 0.4) is 0 Å². The summed E-state index contributed by atoms with van der Waals surface area (Å²) in [7, 11) is 1.94. The van der Waals surface area contributed by atoms with Crippen LogP contribution in [0.5, 0.6) is 0 Å². The van der Waals surface area contributed by atoms with Crippen LogP contribution in [0, 0.1) is 5.92 Å². The summed E-state index contributed by atoms with van der Waals surface area (Å²) < 4.78 is 0. The molecule has 10 heavy (non-hydrogen) atoms. The SMILES string of the molecule is CCCC(/C=C\NC)CC. The molecule has 0 rings (SSSR count). The molecule has 0 spiro atoms. The Hall–Kier alpha value is -0.460. The molecule has 0 aliphatic rings. The molecule has 0 aliphatic heterocycles. The highest BCUT2D eigenvalue weighted by atomic mass is 14.8. The first kappa shape index (κ1) is 9.54. The minimum absolute atomic E-state index is 0.775. The van der Waals surface area contributed by atoms with Crippen molar-refractivity contribution in [2.45, 2.75) is 33.1 Å². The molecular weight excluding hydrogens is 122 g/mol. The van der Waals surface area contributed by atoms with Crippen LogP contribution in [-0.2, 0) is 0 Å². The van der Waals surface area contributed by atoms with Gasteiger partial charge < -0.3 is 5.32 Å². The lowest BCUT2D eigenvalue weighted by atomic mass is 10.0. The van der Waals surface area contributed by atoms with Crippen LogP contribution in [0.1, 0.15) is 33.1 Å². The molecule has 0 heterocycles. The summed E-state index contributed by atoms with van der Waals surface area (Å²) in [6.45, 7) is 4.47. The molecule has 1 nitrogen and oxygen atoms in total. The minimum atomic E-state index is 0.775. The molecule has 1 heteroatoms. The van der Waals surface area contributed by atoms with E-state index in [1.165, 1.54) is 19.3 Å². The summed E-state index contributed by atoms with van der Waals surface area (Å²) in [5.41, 5.74) is 0. The number of hydrogen-bond donors (Lipinski definition) is 1. The van der Waals surface area contributed by atoms with E-state index in [4.69, 9.17) is 0 Å². The van der Waals surface area contributed by atoms with Gasteiger partial charge in [-0.2, -0.15) is 0 Å². The second kappa shape index (κ2) is 6.66. The average Bonchev–Trinajstić information content (AvgIpc) is 1.98. The number of nitrogens with one attached hydrogen (secondary N) is 1. The van der Waals surface area contributed by atoms with Gasteiger partial charge in [-0.15, -0.1) is 0 Å². The van der Waals surface area contributed by atoms with Crippen LogP contribution in [0.25, 0.3) is 0 Å². The van der Waals surface area contributed by atoms with Crippen molar-refractivity contribution in [3.8, 4) is 0 Å². The van der Waals surface area contributed by atoms with Gasteiger partial charge in [0, 0.05) is 7.05 Å². The minimum Gasteiger partial charge on any atom is -0.394 e. The Labute approximate surface area is 64.5 Å². The lowest BCUT2D eigenvalue weighted by Crippen LogP contribution is -1.97. The highest BCUT2D eigenvalue weighted by Gasteiger charge is 1.97. The fourth-order valence-corrected chi connectivity index (χ4v) is 1.04. The van der Waals surface area contributed by atoms with Crippen molar-refractivity contribution >= 4 is 0 Å². The number of hydrogen-bond acceptors (Lipinski definition) is 1. The van der Waals surface area contributed by atoms with E-state index in [2.05, 4.69) is 25.2 Å². The highest BCUT2D eigenvalue weighted by Crippen LogP contribution is 2.10. The van der Waals surface area contributed by atoms with Gasteiger partial charge in [0.2, 0.25) is 0 Å². The Morgan fingerprint density at radius 2 is 2.10 bits per heavy atom. The third kappa shape index (κ3) is 4.42. The van der Waals surface area contributed by atoms with E-state index in [1.54, 1.807) is 0 Å². The van der Waals surface area contributed by atoms with E-state index in [-0.39, 0.29) is 0 Å². The first-order valence-electron chi connectivity index (χ1n) is 4.19. The van der Waals surface area contributed by atoms with Gasteiger partial charge in [-0.1, -0.05) is 26.3 Å². The molecule has 0 saturated carbocycles. The predicted octanol–water partition coefficient (Wildman–Crippen LogP) is 2.55. The zero-order valence-electron chi connectivity index (χ0n) is 7.35. The molecule has 0 aromatic rings. The van der Waals surface area contributed by atoms with Crippen LogP contribution in [0.2, 0.25) is 0 Å². The molecule has 0 saturated heterocycles. The molecule has 1 atom stereocenters. The quantitative estimate of drug-likeness (QED) is 0.620. The topological polar surface area (TPSA) is 12.0 Å². The molecule has 0 fully saturated rings. The Balaban J connectivity index is 3.48. The van der Waals surface area contributed by atoms with Crippen LogP contribution in [0.15, 0.2) is 12.3 Å². The van der Waals surface area contributed by atoms with Crippen LogP contribution in [0.4, 0.5) is 0 Å². The normalized spacial score (nSPS) is 13.9. The first-order valence-corrected chi connectivity index (χ1v) is 4.19. The summed E-state index contributed by atoms with van der Waals surface area (Å²) in [6.07, 6.45) is 8.14. The first-order chi connectivity index (χ1) is 4.85. The molecule has 0 amide bonds. The van der Waals surface area contributed by atoms with Gasteiger partial charge in [0.05, 0.1) is 0 Å². The second-order valence-electron chi connectivity index (χ2n) is 2.60.